The normalized spacial score (nSPS) is 22.4. The zero-order chi connectivity index (χ0) is 9.41. The topological polar surface area (TPSA) is 3.24 Å². The Morgan fingerprint density at radius 1 is 1.33 bits per heavy atom. The lowest BCUT2D eigenvalue weighted by atomic mass is 9.92. The van der Waals surface area contributed by atoms with Crippen LogP contribution in [0, 0.1) is 17.3 Å². The molecule has 1 aliphatic rings. The second-order valence-electron chi connectivity index (χ2n) is 4.64. The third kappa shape index (κ3) is 2.49. The molecule has 0 aromatic carbocycles. The van der Waals surface area contributed by atoms with Crippen LogP contribution in [-0.2, 0) is 0 Å². The smallest absolute Gasteiger partial charge is 0.195 e. The van der Waals surface area contributed by atoms with Crippen LogP contribution in [0.15, 0.2) is 0 Å². The highest BCUT2D eigenvalue weighted by Crippen LogP contribution is 2.23. The number of hydrogen-bond acceptors (Lipinski definition) is 1. The molecule has 0 saturated carbocycles. The molecule has 0 N–H and O–H groups in total. The van der Waals surface area contributed by atoms with E-state index in [1.54, 1.807) is 0 Å². The summed E-state index contributed by atoms with van der Waals surface area (Å²) in [5.41, 5.74) is -1.32. The first-order valence-corrected chi connectivity index (χ1v) is 4.23. The fourth-order valence-corrected chi connectivity index (χ4v) is 1.19. The highest BCUT2D eigenvalue weighted by molar-refractivity contribution is 5.23. The summed E-state index contributed by atoms with van der Waals surface area (Å²) < 4.78 is 13.5. The monoisotopic (exact) mass is 169 g/mol. The highest BCUT2D eigenvalue weighted by atomic mass is 19.1. The minimum Gasteiger partial charge on any atom is -0.298 e. The van der Waals surface area contributed by atoms with Gasteiger partial charge in [0.05, 0.1) is 0 Å². The van der Waals surface area contributed by atoms with E-state index in [9.17, 15) is 4.39 Å². The van der Waals surface area contributed by atoms with E-state index in [4.69, 9.17) is 0 Å². The molecule has 2 heteroatoms. The molecule has 0 aromatic heterocycles. The zero-order valence-corrected chi connectivity index (χ0v) is 8.24. The van der Waals surface area contributed by atoms with Crippen molar-refractivity contribution < 1.29 is 4.39 Å². The number of rotatable bonds is 0. The second kappa shape index (κ2) is 2.74. The van der Waals surface area contributed by atoms with Gasteiger partial charge in [-0.25, -0.2) is 4.39 Å². The predicted octanol–water partition coefficient (Wildman–Crippen LogP) is 1.69. The van der Waals surface area contributed by atoms with E-state index in [-0.39, 0.29) is 5.41 Å². The van der Waals surface area contributed by atoms with Gasteiger partial charge in [0.15, 0.2) is 5.67 Å². The quantitative estimate of drug-likeness (QED) is 0.499. The van der Waals surface area contributed by atoms with Crippen molar-refractivity contribution in [3.63, 3.8) is 0 Å². The van der Waals surface area contributed by atoms with E-state index in [0.717, 1.165) is 0 Å². The maximum Gasteiger partial charge on any atom is 0.195 e. The van der Waals surface area contributed by atoms with Crippen LogP contribution in [0.1, 0.15) is 20.8 Å². The van der Waals surface area contributed by atoms with Gasteiger partial charge in [-0.3, -0.25) is 4.90 Å². The van der Waals surface area contributed by atoms with Crippen LogP contribution in [0.25, 0.3) is 0 Å². The van der Waals surface area contributed by atoms with Gasteiger partial charge in [-0.2, -0.15) is 0 Å². The van der Waals surface area contributed by atoms with Crippen molar-refractivity contribution in [2.75, 3.05) is 20.1 Å². The van der Waals surface area contributed by atoms with Crippen LogP contribution in [0.2, 0.25) is 0 Å². The molecule has 1 rings (SSSR count). The van der Waals surface area contributed by atoms with Gasteiger partial charge in [0.2, 0.25) is 0 Å². The number of nitrogens with zero attached hydrogens (tertiary/aromatic N) is 1. The molecule has 0 atom stereocenters. The van der Waals surface area contributed by atoms with Crippen molar-refractivity contribution in [2.24, 2.45) is 5.41 Å². The highest BCUT2D eigenvalue weighted by Gasteiger charge is 2.39. The SMILES string of the molecule is CN1CC(F)(C#CC(C)(C)C)C1. The molecule has 0 aromatic rings. The summed E-state index contributed by atoms with van der Waals surface area (Å²) in [5.74, 6) is 5.64. The Labute approximate surface area is 73.9 Å². The number of alkyl halides is 1. The van der Waals surface area contributed by atoms with Gasteiger partial charge in [0.25, 0.3) is 0 Å². The molecule has 68 valence electrons. The van der Waals surface area contributed by atoms with Crippen molar-refractivity contribution >= 4 is 0 Å². The molecule has 1 heterocycles. The van der Waals surface area contributed by atoms with E-state index in [2.05, 4.69) is 11.8 Å². The summed E-state index contributed by atoms with van der Waals surface area (Å²) in [6.07, 6.45) is 0. The predicted molar refractivity (Wildman–Crippen MR) is 48.6 cm³/mol. The van der Waals surface area contributed by atoms with Crippen molar-refractivity contribution in [3.8, 4) is 11.8 Å². The first-order chi connectivity index (χ1) is 5.31. The Bertz CT molecular complexity index is 222. The first kappa shape index (κ1) is 9.54. The second-order valence-corrected chi connectivity index (χ2v) is 4.64. The Morgan fingerprint density at radius 2 is 1.83 bits per heavy atom. The molecule has 1 nitrogen and oxygen atoms in total. The van der Waals surface area contributed by atoms with Crippen LogP contribution < -0.4 is 0 Å². The summed E-state index contributed by atoms with van der Waals surface area (Å²) >= 11 is 0. The molecule has 0 bridgehead atoms. The summed E-state index contributed by atoms with van der Waals surface area (Å²) in [4.78, 5) is 1.93. The lowest BCUT2D eigenvalue weighted by Gasteiger charge is -2.38. The van der Waals surface area contributed by atoms with E-state index in [1.165, 1.54) is 0 Å². The Balaban J connectivity index is 2.55. The molecule has 12 heavy (non-hydrogen) atoms. The fourth-order valence-electron chi connectivity index (χ4n) is 1.19. The summed E-state index contributed by atoms with van der Waals surface area (Å²) in [6.45, 7) is 6.88. The lowest BCUT2D eigenvalue weighted by molar-refractivity contribution is 0.0336. The van der Waals surface area contributed by atoms with Crippen LogP contribution in [-0.4, -0.2) is 30.7 Å². The van der Waals surface area contributed by atoms with Crippen LogP contribution in [0.3, 0.4) is 0 Å². The van der Waals surface area contributed by atoms with Gasteiger partial charge in [-0.05, 0) is 27.8 Å². The van der Waals surface area contributed by atoms with Crippen LogP contribution >= 0.6 is 0 Å². The summed E-state index contributed by atoms with van der Waals surface area (Å²) in [6, 6.07) is 0. The molecule has 0 aliphatic carbocycles. The van der Waals surface area contributed by atoms with E-state index < -0.39 is 5.67 Å². The molecule has 0 unspecified atom stereocenters. The molecular formula is C10H16FN. The first-order valence-electron chi connectivity index (χ1n) is 4.23. The average molecular weight is 169 g/mol. The van der Waals surface area contributed by atoms with Gasteiger partial charge in [0.1, 0.15) is 0 Å². The largest absolute Gasteiger partial charge is 0.298 e. The molecule has 1 saturated heterocycles. The van der Waals surface area contributed by atoms with Gasteiger partial charge in [0, 0.05) is 18.5 Å². The minimum absolute atomic E-state index is 0.0900. The molecule has 0 spiro atoms. The van der Waals surface area contributed by atoms with Gasteiger partial charge < -0.3 is 0 Å². The average Bonchev–Trinajstić information content (AvgIpc) is 1.79. The molecule has 0 amide bonds. The summed E-state index contributed by atoms with van der Waals surface area (Å²) in [7, 11) is 1.90. The van der Waals surface area contributed by atoms with E-state index in [1.807, 2.05) is 32.7 Å². The van der Waals surface area contributed by atoms with Gasteiger partial charge >= 0.3 is 0 Å². The maximum absolute atomic E-state index is 13.5. The molecule has 1 aliphatic heterocycles. The fraction of sp³-hybridized carbons (Fsp3) is 0.800. The van der Waals surface area contributed by atoms with Crippen molar-refractivity contribution in [1.82, 2.24) is 4.90 Å². The lowest BCUT2D eigenvalue weighted by Crippen LogP contribution is -2.56. The number of likely N-dealkylation sites (tertiary alicyclic amines) is 1. The zero-order valence-electron chi connectivity index (χ0n) is 8.24. The van der Waals surface area contributed by atoms with Crippen LogP contribution in [0.5, 0.6) is 0 Å². The van der Waals surface area contributed by atoms with Crippen molar-refractivity contribution in [2.45, 2.75) is 26.4 Å². The standard InChI is InChI=1S/C10H16FN/c1-9(2,3)5-6-10(11)7-12(4)8-10/h7-8H2,1-4H3. The molecular weight excluding hydrogens is 153 g/mol. The van der Waals surface area contributed by atoms with E-state index in [0.29, 0.717) is 13.1 Å². The third-order valence-corrected chi connectivity index (χ3v) is 1.70. The summed E-state index contributed by atoms with van der Waals surface area (Å²) in [5, 5.41) is 0. The van der Waals surface area contributed by atoms with Crippen LogP contribution in [0.4, 0.5) is 4.39 Å². The van der Waals surface area contributed by atoms with Gasteiger partial charge in [-0.1, -0.05) is 11.8 Å². The molecule has 1 fully saturated rings. The van der Waals surface area contributed by atoms with E-state index >= 15 is 0 Å². The Hall–Kier alpha value is -0.550. The number of halogens is 1. The van der Waals surface area contributed by atoms with Crippen molar-refractivity contribution in [1.29, 1.82) is 0 Å². The van der Waals surface area contributed by atoms with Gasteiger partial charge in [-0.15, -0.1) is 0 Å². The van der Waals surface area contributed by atoms with Crippen molar-refractivity contribution in [3.05, 3.63) is 0 Å². The Kier molecular flexibility index (Phi) is 2.18. The Morgan fingerprint density at radius 3 is 2.17 bits per heavy atom. The number of hydrogen-bond donors (Lipinski definition) is 0. The minimum atomic E-state index is -1.23. The maximum atomic E-state index is 13.5. The third-order valence-electron chi connectivity index (χ3n) is 1.70. The molecule has 0 radical (unpaired) electrons.